The highest BCUT2D eigenvalue weighted by Gasteiger charge is 2.48. The van der Waals surface area contributed by atoms with Crippen LogP contribution < -0.4 is 5.32 Å². The third-order valence-corrected chi connectivity index (χ3v) is 5.66. The van der Waals surface area contributed by atoms with Gasteiger partial charge in [0.1, 0.15) is 31.2 Å². The number of imidazole rings is 1. The van der Waals surface area contributed by atoms with Gasteiger partial charge in [-0.15, -0.1) is 0 Å². The minimum atomic E-state index is -0.813. The van der Waals surface area contributed by atoms with Gasteiger partial charge in [-0.05, 0) is 12.1 Å². The van der Waals surface area contributed by atoms with E-state index in [9.17, 15) is 19.2 Å². The van der Waals surface area contributed by atoms with E-state index in [-0.39, 0.29) is 24.8 Å². The van der Waals surface area contributed by atoms with Gasteiger partial charge in [0.25, 0.3) is 5.91 Å². The number of carbonyl (C=O) groups excluding carboxylic acids is 4. The van der Waals surface area contributed by atoms with Gasteiger partial charge in [0.05, 0.1) is 13.4 Å². The van der Waals surface area contributed by atoms with Crippen LogP contribution in [0.25, 0.3) is 11.2 Å². The molecule has 3 heterocycles. The zero-order valence-corrected chi connectivity index (χ0v) is 19.8. The maximum atomic E-state index is 12.8. The van der Waals surface area contributed by atoms with Crippen LogP contribution in [0.4, 0.5) is 10.6 Å². The van der Waals surface area contributed by atoms with Gasteiger partial charge in [-0.2, -0.15) is 0 Å². The fourth-order valence-electron chi connectivity index (χ4n) is 4.15. The molecule has 1 aliphatic rings. The van der Waals surface area contributed by atoms with Crippen LogP contribution in [0.1, 0.15) is 36.8 Å². The van der Waals surface area contributed by atoms with Gasteiger partial charge in [0, 0.05) is 25.8 Å². The summed E-state index contributed by atoms with van der Waals surface area (Å²) in [5.74, 6) is -1.30. The van der Waals surface area contributed by atoms with Crippen molar-refractivity contribution in [2.75, 3.05) is 19.0 Å². The average Bonchev–Trinajstić information content (AvgIpc) is 3.44. The quantitative estimate of drug-likeness (QED) is 0.395. The summed E-state index contributed by atoms with van der Waals surface area (Å²) < 4.78 is 17.2. The van der Waals surface area contributed by atoms with Gasteiger partial charge in [-0.3, -0.25) is 23.9 Å². The normalized spacial score (nSPS) is 19.1. The number of carbonyl (C=O) groups is 4. The van der Waals surface area contributed by atoms with Gasteiger partial charge in [-0.1, -0.05) is 18.2 Å². The van der Waals surface area contributed by atoms with Gasteiger partial charge >= 0.3 is 18.0 Å². The second-order valence-electron chi connectivity index (χ2n) is 7.98. The molecule has 3 unspecified atom stereocenters. The first-order valence-electron chi connectivity index (χ1n) is 11.0. The molecule has 4 rings (SSSR count). The summed E-state index contributed by atoms with van der Waals surface area (Å²) in [5.41, 5.74) is 1.05. The first-order valence-corrected chi connectivity index (χ1v) is 11.0. The average molecular weight is 496 g/mol. The van der Waals surface area contributed by atoms with Gasteiger partial charge in [0.15, 0.2) is 17.0 Å². The summed E-state index contributed by atoms with van der Waals surface area (Å²) in [6.07, 6.45) is 0.597. The summed E-state index contributed by atoms with van der Waals surface area (Å²) in [7, 11) is 1.22. The maximum Gasteiger partial charge on any atom is 0.411 e. The predicted octanol–water partition coefficient (Wildman–Crippen LogP) is 1.91. The van der Waals surface area contributed by atoms with Gasteiger partial charge < -0.3 is 19.5 Å². The van der Waals surface area contributed by atoms with E-state index in [0.717, 1.165) is 0 Å². The Bertz CT molecular complexity index is 1290. The van der Waals surface area contributed by atoms with Crippen molar-refractivity contribution in [1.82, 2.24) is 24.4 Å². The van der Waals surface area contributed by atoms with E-state index in [1.165, 1.54) is 38.5 Å². The third-order valence-electron chi connectivity index (χ3n) is 5.66. The van der Waals surface area contributed by atoms with Crippen LogP contribution in [0.2, 0.25) is 0 Å². The molecule has 1 aliphatic heterocycles. The van der Waals surface area contributed by atoms with Gasteiger partial charge in [-0.25, -0.2) is 19.7 Å². The molecule has 3 atom stereocenters. The SMILES string of the molecule is COC(=O)N1C(COC(C)=O)C(OC(C)=O)CC1n1cnc2c(NC(=O)c3ccccc3)ncnc21. The van der Waals surface area contributed by atoms with E-state index >= 15 is 0 Å². The predicted molar refractivity (Wildman–Crippen MR) is 124 cm³/mol. The van der Waals surface area contributed by atoms with Crippen LogP contribution in [0.15, 0.2) is 43.0 Å². The minimum Gasteiger partial charge on any atom is -0.464 e. The van der Waals surface area contributed by atoms with Crippen LogP contribution in [0.5, 0.6) is 0 Å². The maximum absolute atomic E-state index is 12.8. The van der Waals surface area contributed by atoms with Crippen LogP contribution >= 0.6 is 0 Å². The highest BCUT2D eigenvalue weighted by Crippen LogP contribution is 2.37. The standard InChI is InChI=1S/C23H24N6O7/c1-13(30)35-10-16-17(36-14(2)31)9-18(29(16)23(33)34-3)28-12-26-19-20(24-11-25-21(19)28)27-22(32)15-7-5-4-6-8-15/h4-8,11-12,16-18H,9-10H2,1-3H3,(H,24,25,27,32). The number of anilines is 1. The van der Waals surface area contributed by atoms with Crippen LogP contribution in [0, 0.1) is 0 Å². The Morgan fingerprint density at radius 1 is 1.06 bits per heavy atom. The van der Waals surface area contributed by atoms with E-state index in [1.807, 2.05) is 0 Å². The number of hydrogen-bond acceptors (Lipinski definition) is 10. The van der Waals surface area contributed by atoms with Crippen LogP contribution in [-0.2, 0) is 23.8 Å². The molecule has 3 aromatic rings. The number of aromatic nitrogens is 4. The molecular formula is C23H24N6O7. The van der Waals surface area contributed by atoms with Crippen molar-refractivity contribution in [3.63, 3.8) is 0 Å². The molecule has 0 aliphatic carbocycles. The van der Waals surface area contributed by atoms with Crippen molar-refractivity contribution in [2.24, 2.45) is 0 Å². The number of benzene rings is 1. The Hall–Kier alpha value is -4.55. The summed E-state index contributed by atoms with van der Waals surface area (Å²) >= 11 is 0. The molecule has 36 heavy (non-hydrogen) atoms. The third kappa shape index (κ3) is 4.94. The van der Waals surface area contributed by atoms with Gasteiger partial charge in [0.2, 0.25) is 0 Å². The number of esters is 2. The lowest BCUT2D eigenvalue weighted by Gasteiger charge is -2.29. The Morgan fingerprint density at radius 2 is 1.81 bits per heavy atom. The Labute approximate surface area is 205 Å². The molecule has 1 fully saturated rings. The summed E-state index contributed by atoms with van der Waals surface area (Å²) in [6, 6.07) is 7.80. The van der Waals surface area contributed by atoms with E-state index in [2.05, 4.69) is 20.3 Å². The monoisotopic (exact) mass is 496 g/mol. The Kier molecular flexibility index (Phi) is 7.08. The van der Waals surface area contributed by atoms with Crippen molar-refractivity contribution in [3.8, 4) is 0 Å². The smallest absolute Gasteiger partial charge is 0.411 e. The van der Waals surface area contributed by atoms with Crippen molar-refractivity contribution in [3.05, 3.63) is 48.5 Å². The lowest BCUT2D eigenvalue weighted by atomic mass is 10.1. The first-order chi connectivity index (χ1) is 17.3. The highest BCUT2D eigenvalue weighted by atomic mass is 16.6. The van der Waals surface area contributed by atoms with Crippen molar-refractivity contribution >= 4 is 40.9 Å². The zero-order valence-electron chi connectivity index (χ0n) is 19.8. The molecule has 13 nitrogen and oxygen atoms in total. The molecule has 2 aromatic heterocycles. The Balaban J connectivity index is 1.70. The summed E-state index contributed by atoms with van der Waals surface area (Å²) in [5, 5.41) is 2.73. The number of nitrogens with zero attached hydrogens (tertiary/aromatic N) is 5. The van der Waals surface area contributed by atoms with Crippen molar-refractivity contribution in [1.29, 1.82) is 0 Å². The lowest BCUT2D eigenvalue weighted by molar-refractivity contribution is -0.150. The van der Waals surface area contributed by atoms with Crippen molar-refractivity contribution < 1.29 is 33.4 Å². The van der Waals surface area contributed by atoms with Crippen LogP contribution in [0.3, 0.4) is 0 Å². The molecule has 188 valence electrons. The number of likely N-dealkylation sites (tertiary alicyclic amines) is 1. The number of ether oxygens (including phenoxy) is 3. The molecule has 1 N–H and O–H groups in total. The van der Waals surface area contributed by atoms with Crippen molar-refractivity contribution in [2.45, 2.75) is 38.6 Å². The molecule has 2 amide bonds. The number of hydrogen-bond donors (Lipinski definition) is 1. The fraction of sp³-hybridized carbons (Fsp3) is 0.348. The van der Waals surface area contributed by atoms with E-state index in [0.29, 0.717) is 16.7 Å². The zero-order chi connectivity index (χ0) is 25.8. The first kappa shape index (κ1) is 24.6. The second kappa shape index (κ2) is 10.4. The molecular weight excluding hydrogens is 472 g/mol. The number of fused-ring (bicyclic) bond motifs is 1. The van der Waals surface area contributed by atoms with E-state index < -0.39 is 36.3 Å². The number of amides is 2. The molecule has 0 spiro atoms. The number of nitrogens with one attached hydrogen (secondary N) is 1. The largest absolute Gasteiger partial charge is 0.464 e. The number of methoxy groups -OCH3 is 1. The van der Waals surface area contributed by atoms with E-state index in [1.54, 1.807) is 34.9 Å². The Morgan fingerprint density at radius 3 is 2.47 bits per heavy atom. The fourth-order valence-corrected chi connectivity index (χ4v) is 4.15. The molecule has 0 saturated carbocycles. The summed E-state index contributed by atoms with van der Waals surface area (Å²) in [6.45, 7) is 2.28. The lowest BCUT2D eigenvalue weighted by Crippen LogP contribution is -2.45. The molecule has 1 aromatic carbocycles. The molecule has 1 saturated heterocycles. The summed E-state index contributed by atoms with van der Waals surface area (Å²) in [4.78, 5) is 62.8. The molecule has 0 bridgehead atoms. The minimum absolute atomic E-state index is 0.155. The highest BCUT2D eigenvalue weighted by molar-refractivity contribution is 6.06. The molecule has 0 radical (unpaired) electrons. The number of rotatable bonds is 6. The van der Waals surface area contributed by atoms with Crippen LogP contribution in [-0.4, -0.2) is 74.2 Å². The second-order valence-corrected chi connectivity index (χ2v) is 7.98. The van der Waals surface area contributed by atoms with E-state index in [4.69, 9.17) is 14.2 Å². The topological polar surface area (TPSA) is 155 Å². The molecule has 13 heteroatoms.